The number of halogens is 1. The first-order valence-corrected chi connectivity index (χ1v) is 6.40. The minimum atomic E-state index is -0.714. The van der Waals surface area contributed by atoms with Gasteiger partial charge in [-0.25, -0.2) is 0 Å². The van der Waals surface area contributed by atoms with Gasteiger partial charge < -0.3 is 5.73 Å². The van der Waals surface area contributed by atoms with Crippen molar-refractivity contribution < 1.29 is 0 Å². The van der Waals surface area contributed by atoms with E-state index in [-0.39, 0.29) is 0 Å². The monoisotopic (exact) mass is 284 g/mol. The van der Waals surface area contributed by atoms with Gasteiger partial charge in [-0.2, -0.15) is 5.26 Å². The van der Waals surface area contributed by atoms with Crippen LogP contribution >= 0.6 is 27.7 Å². The van der Waals surface area contributed by atoms with E-state index in [1.54, 1.807) is 18.7 Å². The van der Waals surface area contributed by atoms with Crippen molar-refractivity contribution in [2.45, 2.75) is 23.8 Å². The molecular weight excluding hydrogens is 272 g/mol. The molecule has 0 aliphatic rings. The lowest BCUT2D eigenvalue weighted by atomic mass is 10.0. The first-order chi connectivity index (χ1) is 7.05. The highest BCUT2D eigenvalue weighted by Gasteiger charge is 2.16. The SMILES string of the molecule is CC(N)(C#N)CCSc1ccccc1Br. The van der Waals surface area contributed by atoms with Crippen LogP contribution in [0.1, 0.15) is 13.3 Å². The Labute approximate surface area is 103 Å². The molecule has 0 spiro atoms. The Balaban J connectivity index is 2.46. The molecule has 0 aliphatic heterocycles. The van der Waals surface area contributed by atoms with Gasteiger partial charge in [0.1, 0.15) is 5.54 Å². The topological polar surface area (TPSA) is 49.8 Å². The summed E-state index contributed by atoms with van der Waals surface area (Å²) < 4.78 is 1.09. The summed E-state index contributed by atoms with van der Waals surface area (Å²) in [4.78, 5) is 1.19. The van der Waals surface area contributed by atoms with E-state index in [2.05, 4.69) is 28.1 Å². The van der Waals surface area contributed by atoms with Crippen LogP contribution in [0, 0.1) is 11.3 Å². The minimum absolute atomic E-state index is 0.690. The van der Waals surface area contributed by atoms with Crippen LogP contribution in [0.2, 0.25) is 0 Å². The molecule has 0 heterocycles. The van der Waals surface area contributed by atoms with Gasteiger partial charge >= 0.3 is 0 Å². The summed E-state index contributed by atoms with van der Waals surface area (Å²) >= 11 is 5.19. The Kier molecular flexibility index (Phi) is 4.65. The quantitative estimate of drug-likeness (QED) is 0.864. The van der Waals surface area contributed by atoms with Crippen molar-refractivity contribution in [1.82, 2.24) is 0 Å². The average Bonchev–Trinajstić information content (AvgIpc) is 2.21. The van der Waals surface area contributed by atoms with E-state index in [1.807, 2.05) is 18.2 Å². The predicted octanol–water partition coefficient (Wildman–Crippen LogP) is 3.17. The highest BCUT2D eigenvalue weighted by molar-refractivity contribution is 9.10. The number of nitrogens with zero attached hydrogens (tertiary/aromatic N) is 1. The van der Waals surface area contributed by atoms with Gasteiger partial charge in [0.05, 0.1) is 6.07 Å². The Morgan fingerprint density at radius 2 is 2.20 bits per heavy atom. The number of benzene rings is 1. The van der Waals surface area contributed by atoms with Crippen LogP contribution in [0.4, 0.5) is 0 Å². The van der Waals surface area contributed by atoms with Gasteiger partial charge in [-0.15, -0.1) is 11.8 Å². The second kappa shape index (κ2) is 5.55. The first kappa shape index (κ1) is 12.6. The third-order valence-electron chi connectivity index (χ3n) is 1.97. The zero-order valence-corrected chi connectivity index (χ0v) is 10.9. The highest BCUT2D eigenvalue weighted by atomic mass is 79.9. The van der Waals surface area contributed by atoms with E-state index >= 15 is 0 Å². The fourth-order valence-electron chi connectivity index (χ4n) is 0.991. The molecule has 0 aromatic heterocycles. The number of thioether (sulfide) groups is 1. The van der Waals surface area contributed by atoms with Crippen molar-refractivity contribution >= 4 is 27.7 Å². The zero-order valence-electron chi connectivity index (χ0n) is 8.53. The van der Waals surface area contributed by atoms with Crippen LogP contribution in [-0.2, 0) is 0 Å². The van der Waals surface area contributed by atoms with E-state index in [1.165, 1.54) is 4.90 Å². The van der Waals surface area contributed by atoms with Crippen molar-refractivity contribution in [3.8, 4) is 6.07 Å². The van der Waals surface area contributed by atoms with E-state index in [0.29, 0.717) is 6.42 Å². The summed E-state index contributed by atoms with van der Waals surface area (Å²) in [5.41, 5.74) is 5.02. The summed E-state index contributed by atoms with van der Waals surface area (Å²) in [6.07, 6.45) is 0.690. The molecule has 0 bridgehead atoms. The Morgan fingerprint density at radius 3 is 2.80 bits per heavy atom. The molecule has 4 heteroatoms. The number of nitrogens with two attached hydrogens (primary N) is 1. The lowest BCUT2D eigenvalue weighted by Gasteiger charge is -2.14. The van der Waals surface area contributed by atoms with Crippen LogP contribution in [0.15, 0.2) is 33.6 Å². The lowest BCUT2D eigenvalue weighted by Crippen LogP contribution is -2.34. The molecule has 0 fully saturated rings. The number of hydrogen-bond donors (Lipinski definition) is 1. The molecule has 1 aromatic rings. The molecule has 0 saturated carbocycles. The van der Waals surface area contributed by atoms with Gasteiger partial charge in [-0.05, 0) is 41.4 Å². The zero-order chi connectivity index (χ0) is 11.3. The Hall–Kier alpha value is -0.500. The number of rotatable bonds is 4. The number of nitriles is 1. The molecule has 0 amide bonds. The molecular formula is C11H13BrN2S. The van der Waals surface area contributed by atoms with Crippen LogP contribution in [0.3, 0.4) is 0 Å². The average molecular weight is 285 g/mol. The summed E-state index contributed by atoms with van der Waals surface area (Å²) in [6.45, 7) is 1.76. The number of hydrogen-bond acceptors (Lipinski definition) is 3. The van der Waals surface area contributed by atoms with Crippen LogP contribution in [0.25, 0.3) is 0 Å². The highest BCUT2D eigenvalue weighted by Crippen LogP contribution is 2.28. The maximum absolute atomic E-state index is 8.75. The van der Waals surface area contributed by atoms with Gasteiger partial charge in [0.15, 0.2) is 0 Å². The molecule has 1 rings (SSSR count). The third-order valence-corrected chi connectivity index (χ3v) is 4.00. The smallest absolute Gasteiger partial charge is 0.102 e. The van der Waals surface area contributed by atoms with Crippen LogP contribution in [-0.4, -0.2) is 11.3 Å². The first-order valence-electron chi connectivity index (χ1n) is 4.62. The van der Waals surface area contributed by atoms with E-state index in [4.69, 9.17) is 11.0 Å². The standard InChI is InChI=1S/C11H13BrN2S/c1-11(14,8-13)6-7-15-10-5-3-2-4-9(10)12/h2-5H,6-7,14H2,1H3. The fraction of sp³-hybridized carbons (Fsp3) is 0.364. The molecule has 0 saturated heterocycles. The molecule has 80 valence electrons. The van der Waals surface area contributed by atoms with Crippen molar-refractivity contribution in [2.75, 3.05) is 5.75 Å². The summed E-state index contributed by atoms with van der Waals surface area (Å²) in [6, 6.07) is 10.1. The van der Waals surface area contributed by atoms with Crippen molar-refractivity contribution in [2.24, 2.45) is 5.73 Å². The van der Waals surface area contributed by atoms with E-state index < -0.39 is 5.54 Å². The maximum atomic E-state index is 8.75. The summed E-state index contributed by atoms with van der Waals surface area (Å²) in [5, 5.41) is 8.75. The van der Waals surface area contributed by atoms with Gasteiger partial charge in [0, 0.05) is 15.1 Å². The molecule has 1 atom stereocenters. The molecule has 1 unspecified atom stereocenters. The van der Waals surface area contributed by atoms with Gasteiger partial charge in [0.2, 0.25) is 0 Å². The Bertz CT molecular complexity index is 371. The van der Waals surface area contributed by atoms with Crippen LogP contribution in [0.5, 0.6) is 0 Å². The lowest BCUT2D eigenvalue weighted by molar-refractivity contribution is 0.583. The van der Waals surface area contributed by atoms with E-state index in [0.717, 1.165) is 10.2 Å². The van der Waals surface area contributed by atoms with Gasteiger partial charge in [-0.1, -0.05) is 12.1 Å². The normalized spacial score (nSPS) is 14.3. The molecule has 1 aromatic carbocycles. The second-order valence-corrected chi connectivity index (χ2v) is 5.55. The largest absolute Gasteiger partial charge is 0.314 e. The Morgan fingerprint density at radius 1 is 1.53 bits per heavy atom. The molecule has 0 aliphatic carbocycles. The van der Waals surface area contributed by atoms with Gasteiger partial charge in [-0.3, -0.25) is 0 Å². The predicted molar refractivity (Wildman–Crippen MR) is 67.7 cm³/mol. The molecule has 2 N–H and O–H groups in total. The third kappa shape index (κ3) is 4.25. The second-order valence-electron chi connectivity index (χ2n) is 3.56. The van der Waals surface area contributed by atoms with Gasteiger partial charge in [0.25, 0.3) is 0 Å². The molecule has 15 heavy (non-hydrogen) atoms. The maximum Gasteiger partial charge on any atom is 0.102 e. The van der Waals surface area contributed by atoms with Crippen molar-refractivity contribution in [3.05, 3.63) is 28.7 Å². The minimum Gasteiger partial charge on any atom is -0.314 e. The van der Waals surface area contributed by atoms with E-state index in [9.17, 15) is 0 Å². The molecule has 2 nitrogen and oxygen atoms in total. The van der Waals surface area contributed by atoms with Crippen molar-refractivity contribution in [1.29, 1.82) is 5.26 Å². The fourth-order valence-corrected chi connectivity index (χ4v) is 2.75. The van der Waals surface area contributed by atoms with Crippen LogP contribution < -0.4 is 5.73 Å². The molecule has 0 radical (unpaired) electrons. The summed E-state index contributed by atoms with van der Waals surface area (Å²) in [7, 11) is 0. The summed E-state index contributed by atoms with van der Waals surface area (Å²) in [5.74, 6) is 0.850. The van der Waals surface area contributed by atoms with Crippen molar-refractivity contribution in [3.63, 3.8) is 0 Å².